The minimum atomic E-state index is 0.159. The fourth-order valence-electron chi connectivity index (χ4n) is 3.32. The van der Waals surface area contributed by atoms with E-state index >= 15 is 0 Å². The number of hydrogen-bond acceptors (Lipinski definition) is 8. The third kappa shape index (κ3) is 4.31. The highest BCUT2D eigenvalue weighted by Crippen LogP contribution is 2.31. The predicted molar refractivity (Wildman–Crippen MR) is 108 cm³/mol. The number of nitrogens with one attached hydrogen (secondary N) is 2. The van der Waals surface area contributed by atoms with Gasteiger partial charge in [-0.05, 0) is 13.8 Å². The summed E-state index contributed by atoms with van der Waals surface area (Å²) >= 11 is 6.23. The standard InChI is InChI=1S/C18H26ClN7O2/c1-12-3-8-28-17-15(22-18-20-11-14(19)16(21-12)23-18)13(2)26(24-17)5-4-25-6-9-27-10-7-25/h11-12H,3-10H2,1-2H3,(H2,20,21,22,23). The average molecular weight is 408 g/mol. The Bertz CT molecular complexity index is 823. The summed E-state index contributed by atoms with van der Waals surface area (Å²) in [5, 5.41) is 11.8. The van der Waals surface area contributed by atoms with Gasteiger partial charge in [-0.1, -0.05) is 11.6 Å². The SMILES string of the molecule is Cc1c2c(nn1CCN1CCOCC1)OCCC(C)Nc1nc(ncc1Cl)N2. The van der Waals surface area contributed by atoms with Crippen molar-refractivity contribution in [1.29, 1.82) is 0 Å². The van der Waals surface area contributed by atoms with Crippen molar-refractivity contribution in [2.45, 2.75) is 32.9 Å². The van der Waals surface area contributed by atoms with Gasteiger partial charge in [0.15, 0.2) is 5.82 Å². The summed E-state index contributed by atoms with van der Waals surface area (Å²) in [6.45, 7) is 9.86. The maximum atomic E-state index is 6.23. The summed E-state index contributed by atoms with van der Waals surface area (Å²) in [7, 11) is 0. The summed E-state index contributed by atoms with van der Waals surface area (Å²) < 4.78 is 13.4. The molecular formula is C18H26ClN7O2. The van der Waals surface area contributed by atoms with E-state index in [1.807, 2.05) is 11.6 Å². The first kappa shape index (κ1) is 19.2. The van der Waals surface area contributed by atoms with Gasteiger partial charge in [0.2, 0.25) is 5.95 Å². The first-order valence-corrected chi connectivity index (χ1v) is 10.0. The number of halogens is 1. The summed E-state index contributed by atoms with van der Waals surface area (Å²) in [6, 6.07) is 0.159. The molecule has 2 N–H and O–H groups in total. The van der Waals surface area contributed by atoms with Gasteiger partial charge in [-0.2, -0.15) is 4.98 Å². The number of rotatable bonds is 3. The van der Waals surface area contributed by atoms with Gasteiger partial charge in [-0.3, -0.25) is 9.58 Å². The Hall–Kier alpha value is -2.10. The smallest absolute Gasteiger partial charge is 0.257 e. The molecule has 0 saturated carbocycles. The van der Waals surface area contributed by atoms with Gasteiger partial charge in [0.05, 0.1) is 38.3 Å². The van der Waals surface area contributed by atoms with E-state index in [0.717, 1.165) is 57.2 Å². The van der Waals surface area contributed by atoms with Crippen molar-refractivity contribution >= 4 is 29.1 Å². The highest BCUT2D eigenvalue weighted by atomic mass is 35.5. The van der Waals surface area contributed by atoms with Crippen molar-refractivity contribution in [3.8, 4) is 5.88 Å². The molecule has 1 atom stereocenters. The zero-order valence-corrected chi connectivity index (χ0v) is 17.0. The largest absolute Gasteiger partial charge is 0.475 e. The molecule has 0 spiro atoms. The Kier molecular flexibility index (Phi) is 5.84. The van der Waals surface area contributed by atoms with Gasteiger partial charge in [0.25, 0.3) is 5.88 Å². The van der Waals surface area contributed by atoms with Crippen LogP contribution in [-0.2, 0) is 11.3 Å². The van der Waals surface area contributed by atoms with Crippen molar-refractivity contribution in [2.75, 3.05) is 50.1 Å². The van der Waals surface area contributed by atoms with Gasteiger partial charge >= 0.3 is 0 Å². The van der Waals surface area contributed by atoms with E-state index in [1.54, 1.807) is 6.20 Å². The molecule has 10 heteroatoms. The van der Waals surface area contributed by atoms with Crippen LogP contribution in [0.25, 0.3) is 0 Å². The third-order valence-corrected chi connectivity index (χ3v) is 5.34. The molecule has 1 fully saturated rings. The molecule has 152 valence electrons. The first-order valence-electron chi connectivity index (χ1n) is 9.66. The van der Waals surface area contributed by atoms with Crippen molar-refractivity contribution in [3.63, 3.8) is 0 Å². The third-order valence-electron chi connectivity index (χ3n) is 5.06. The summed E-state index contributed by atoms with van der Waals surface area (Å²) in [6.07, 6.45) is 2.40. The minimum Gasteiger partial charge on any atom is -0.475 e. The molecule has 0 radical (unpaired) electrons. The number of morpholine rings is 1. The van der Waals surface area contributed by atoms with Gasteiger partial charge in [0, 0.05) is 32.1 Å². The van der Waals surface area contributed by atoms with Gasteiger partial charge < -0.3 is 20.1 Å². The Morgan fingerprint density at radius 1 is 1.25 bits per heavy atom. The molecule has 1 saturated heterocycles. The first-order chi connectivity index (χ1) is 13.6. The lowest BCUT2D eigenvalue weighted by Gasteiger charge is -2.26. The van der Waals surface area contributed by atoms with Crippen LogP contribution in [0.2, 0.25) is 5.02 Å². The Morgan fingerprint density at radius 3 is 2.89 bits per heavy atom. The molecule has 2 aromatic heterocycles. The lowest BCUT2D eigenvalue weighted by Crippen LogP contribution is -2.38. The van der Waals surface area contributed by atoms with Gasteiger partial charge in [-0.15, -0.1) is 5.10 Å². The number of nitrogens with zero attached hydrogens (tertiary/aromatic N) is 5. The molecule has 28 heavy (non-hydrogen) atoms. The van der Waals surface area contributed by atoms with E-state index in [-0.39, 0.29) is 6.04 Å². The second-order valence-corrected chi connectivity index (χ2v) is 7.55. The summed E-state index contributed by atoms with van der Waals surface area (Å²) in [5.74, 6) is 1.66. The van der Waals surface area contributed by atoms with Crippen LogP contribution in [0, 0.1) is 6.92 Å². The van der Waals surface area contributed by atoms with Crippen LogP contribution in [0.4, 0.5) is 17.5 Å². The molecule has 2 bridgehead atoms. The van der Waals surface area contributed by atoms with Crippen LogP contribution in [0.5, 0.6) is 5.88 Å². The topological polar surface area (TPSA) is 89.4 Å². The molecule has 2 aromatic rings. The molecule has 0 aromatic carbocycles. The Labute approximate surface area is 169 Å². The van der Waals surface area contributed by atoms with Crippen molar-refractivity contribution in [2.24, 2.45) is 0 Å². The monoisotopic (exact) mass is 407 g/mol. The van der Waals surface area contributed by atoms with E-state index in [9.17, 15) is 0 Å². The molecule has 1 unspecified atom stereocenters. The molecule has 4 rings (SSSR count). The molecule has 0 aliphatic carbocycles. The van der Waals surface area contributed by atoms with E-state index in [1.165, 1.54) is 0 Å². The van der Waals surface area contributed by atoms with Crippen molar-refractivity contribution in [3.05, 3.63) is 16.9 Å². The Balaban J connectivity index is 1.57. The fraction of sp³-hybridized carbons (Fsp3) is 0.611. The van der Waals surface area contributed by atoms with Gasteiger partial charge in [0.1, 0.15) is 10.7 Å². The molecule has 9 nitrogen and oxygen atoms in total. The maximum Gasteiger partial charge on any atom is 0.257 e. The highest BCUT2D eigenvalue weighted by molar-refractivity contribution is 6.32. The molecule has 4 heterocycles. The number of ether oxygens (including phenoxy) is 2. The van der Waals surface area contributed by atoms with Crippen LogP contribution < -0.4 is 15.4 Å². The fourth-order valence-corrected chi connectivity index (χ4v) is 3.47. The number of aromatic nitrogens is 4. The van der Waals surface area contributed by atoms with Crippen LogP contribution >= 0.6 is 11.6 Å². The van der Waals surface area contributed by atoms with E-state index in [2.05, 4.69) is 32.4 Å². The second-order valence-electron chi connectivity index (χ2n) is 7.14. The van der Waals surface area contributed by atoms with Crippen molar-refractivity contribution in [1.82, 2.24) is 24.6 Å². The van der Waals surface area contributed by atoms with E-state index < -0.39 is 0 Å². The highest BCUT2D eigenvalue weighted by Gasteiger charge is 2.20. The van der Waals surface area contributed by atoms with Crippen molar-refractivity contribution < 1.29 is 9.47 Å². The maximum absolute atomic E-state index is 6.23. The molecule has 0 amide bonds. The lowest BCUT2D eigenvalue weighted by atomic mass is 10.2. The van der Waals surface area contributed by atoms with Crippen LogP contribution in [0.15, 0.2) is 6.20 Å². The zero-order valence-electron chi connectivity index (χ0n) is 16.2. The number of anilines is 3. The van der Waals surface area contributed by atoms with E-state index in [0.29, 0.717) is 29.3 Å². The predicted octanol–water partition coefficient (Wildman–Crippen LogP) is 2.29. The second kappa shape index (κ2) is 8.50. The summed E-state index contributed by atoms with van der Waals surface area (Å²) in [4.78, 5) is 11.2. The molecular weight excluding hydrogens is 382 g/mol. The van der Waals surface area contributed by atoms with Crippen LogP contribution in [0.3, 0.4) is 0 Å². The van der Waals surface area contributed by atoms with Crippen LogP contribution in [-0.4, -0.2) is 70.1 Å². The van der Waals surface area contributed by atoms with Crippen LogP contribution in [0.1, 0.15) is 19.0 Å². The Morgan fingerprint density at radius 2 is 2.07 bits per heavy atom. The average Bonchev–Trinajstić information content (AvgIpc) is 2.97. The number of fused-ring (bicyclic) bond motifs is 3. The summed E-state index contributed by atoms with van der Waals surface area (Å²) in [5.41, 5.74) is 1.79. The molecule has 2 aliphatic heterocycles. The van der Waals surface area contributed by atoms with E-state index in [4.69, 9.17) is 26.2 Å². The quantitative estimate of drug-likeness (QED) is 0.801. The zero-order chi connectivity index (χ0) is 19.5. The minimum absolute atomic E-state index is 0.159. The number of hydrogen-bond donors (Lipinski definition) is 2. The normalized spacial score (nSPS) is 20.3. The lowest BCUT2D eigenvalue weighted by molar-refractivity contribution is 0.0358. The van der Waals surface area contributed by atoms with Gasteiger partial charge in [-0.25, -0.2) is 4.98 Å². The molecule has 2 aliphatic rings.